The van der Waals surface area contributed by atoms with Crippen LogP contribution in [-0.4, -0.2) is 0 Å². The molecule has 114 valence electrons. The van der Waals surface area contributed by atoms with Gasteiger partial charge in [0.05, 0.1) is 0 Å². The molecule has 0 saturated carbocycles. The molecule has 1 aromatic rings. The molecule has 2 rings (SSSR count). The summed E-state index contributed by atoms with van der Waals surface area (Å²) in [4.78, 5) is 0. The Bertz CT molecular complexity index is 563. The van der Waals surface area contributed by atoms with Gasteiger partial charge in [-0.3, -0.25) is 0 Å². The Morgan fingerprint density at radius 3 is 1.85 bits per heavy atom. The van der Waals surface area contributed by atoms with E-state index >= 15 is 0 Å². The molecule has 0 aromatic heterocycles. The molecule has 1 aliphatic heterocycles. The molecule has 0 unspecified atom stereocenters. The van der Waals surface area contributed by atoms with Gasteiger partial charge in [0, 0.05) is 0 Å². The van der Waals surface area contributed by atoms with Gasteiger partial charge in [-0.05, 0) is 0 Å². The van der Waals surface area contributed by atoms with Crippen molar-refractivity contribution >= 4 is 38.8 Å². The molecule has 1 heterocycles. The van der Waals surface area contributed by atoms with Gasteiger partial charge in [-0.15, -0.1) is 0 Å². The molecule has 2 nitrogen and oxygen atoms in total. The molecule has 20 heavy (non-hydrogen) atoms. The van der Waals surface area contributed by atoms with Crippen LogP contribution in [0.25, 0.3) is 0 Å². The summed E-state index contributed by atoms with van der Waals surface area (Å²) in [5.74, 6) is 1.09. The molecule has 1 aliphatic rings. The van der Waals surface area contributed by atoms with E-state index in [0.29, 0.717) is 11.5 Å². The van der Waals surface area contributed by atoms with Gasteiger partial charge >= 0.3 is 135 Å². The third-order valence-electron chi connectivity index (χ3n) is 3.20. The summed E-state index contributed by atoms with van der Waals surface area (Å²) >= 11 is 18.3. The average molecular weight is 358 g/mol. The summed E-state index contributed by atoms with van der Waals surface area (Å²) in [7, 11) is 0. The molecule has 0 fully saturated rings. The Hall–Kier alpha value is 0.120. The van der Waals surface area contributed by atoms with Gasteiger partial charge in [0.15, 0.2) is 0 Å². The van der Waals surface area contributed by atoms with Gasteiger partial charge in [-0.25, -0.2) is 0 Å². The second-order valence-electron chi connectivity index (χ2n) is 7.21. The third kappa shape index (κ3) is 3.30. The molecule has 0 amide bonds. The number of benzene rings is 1. The zero-order valence-corrected chi connectivity index (χ0v) is 15.7. The minimum atomic E-state index is -4.09. The van der Waals surface area contributed by atoms with Crippen molar-refractivity contribution in [3.63, 3.8) is 0 Å². The summed E-state index contributed by atoms with van der Waals surface area (Å²) in [5, 5.41) is -4.09. The first kappa shape index (κ1) is 16.5. The van der Waals surface area contributed by atoms with Gasteiger partial charge in [0.1, 0.15) is 0 Å². The fraction of sp³-hybridized carbons (Fsp3) is 0.571. The van der Waals surface area contributed by atoms with Crippen LogP contribution in [0.15, 0.2) is 12.1 Å². The van der Waals surface area contributed by atoms with Crippen LogP contribution in [0.1, 0.15) is 52.7 Å². The van der Waals surface area contributed by atoms with Crippen molar-refractivity contribution in [1.82, 2.24) is 0 Å². The molecule has 0 radical (unpaired) electrons. The molecule has 1 aromatic carbocycles. The number of fused-ring (bicyclic) bond motifs is 1. The number of halogens is 3. The van der Waals surface area contributed by atoms with Gasteiger partial charge in [0.2, 0.25) is 0 Å². The van der Waals surface area contributed by atoms with Crippen LogP contribution in [0.3, 0.4) is 0 Å². The van der Waals surface area contributed by atoms with Crippen LogP contribution in [-0.2, 0) is 10.8 Å². The third-order valence-corrected chi connectivity index (χ3v) is 5.38. The maximum atomic E-state index is 6.09. The summed E-state index contributed by atoms with van der Waals surface area (Å²) in [6.07, 6.45) is 0. The van der Waals surface area contributed by atoms with E-state index in [1.165, 1.54) is 0 Å². The van der Waals surface area contributed by atoms with Crippen LogP contribution >= 0.6 is 38.8 Å². The Morgan fingerprint density at radius 1 is 0.850 bits per heavy atom. The SMILES string of the molecule is CC(C)(C)c1cc2c(c(C(C)(C)C)c1)OP(Cl)(Cl)(Cl)O2. The Morgan fingerprint density at radius 2 is 1.40 bits per heavy atom. The number of hydrogen-bond donors (Lipinski definition) is 0. The summed E-state index contributed by atoms with van der Waals surface area (Å²) in [5.41, 5.74) is 1.96. The molecule has 0 spiro atoms. The first-order chi connectivity index (χ1) is 8.67. The van der Waals surface area contributed by atoms with Gasteiger partial charge in [-0.2, -0.15) is 0 Å². The van der Waals surface area contributed by atoms with E-state index in [2.05, 4.69) is 47.6 Å². The predicted octanol–water partition coefficient (Wildman–Crippen LogP) is 6.90. The summed E-state index contributed by atoms with van der Waals surface area (Å²) in [6.45, 7) is 12.7. The van der Waals surface area contributed by atoms with Crippen molar-refractivity contribution in [3.8, 4) is 11.5 Å². The normalized spacial score (nSPS) is 22.1. The molecule has 0 N–H and O–H groups in total. The number of hydrogen-bond acceptors (Lipinski definition) is 2. The Labute approximate surface area is 135 Å². The van der Waals surface area contributed by atoms with Crippen LogP contribution in [0.2, 0.25) is 0 Å². The van der Waals surface area contributed by atoms with Crippen LogP contribution < -0.4 is 9.05 Å². The zero-order chi connectivity index (χ0) is 15.6. The summed E-state index contributed by atoms with van der Waals surface area (Å²) in [6, 6.07) is 4.02. The van der Waals surface area contributed by atoms with Crippen molar-refractivity contribution in [2.75, 3.05) is 0 Å². The van der Waals surface area contributed by atoms with E-state index in [4.69, 9.17) is 42.8 Å². The van der Waals surface area contributed by atoms with Crippen molar-refractivity contribution in [2.24, 2.45) is 0 Å². The van der Waals surface area contributed by atoms with E-state index in [0.717, 1.165) is 11.1 Å². The van der Waals surface area contributed by atoms with E-state index in [1.54, 1.807) is 0 Å². The van der Waals surface area contributed by atoms with Gasteiger partial charge in [0.25, 0.3) is 0 Å². The standard InChI is InChI=1S/C14H20Cl3O2P/c1-13(2,3)9-7-10(14(4,5)6)12-11(8-9)18-20(15,16,17)19-12/h7-8H,1-6H3. The fourth-order valence-corrected chi connectivity index (χ4v) is 4.30. The monoisotopic (exact) mass is 356 g/mol. The van der Waals surface area contributed by atoms with Gasteiger partial charge in [-0.1, -0.05) is 0 Å². The topological polar surface area (TPSA) is 18.5 Å². The molecule has 6 heteroatoms. The summed E-state index contributed by atoms with van der Waals surface area (Å²) < 4.78 is 11.2. The van der Waals surface area contributed by atoms with Crippen molar-refractivity contribution in [1.29, 1.82) is 0 Å². The zero-order valence-electron chi connectivity index (χ0n) is 12.6. The predicted molar refractivity (Wildman–Crippen MR) is 89.6 cm³/mol. The first-order valence-corrected chi connectivity index (χ1v) is 11.2. The molecule has 0 bridgehead atoms. The molecular formula is C14H20Cl3O2P. The first-order valence-electron chi connectivity index (χ1n) is 6.44. The van der Waals surface area contributed by atoms with E-state index in [9.17, 15) is 0 Å². The average Bonchev–Trinajstić information content (AvgIpc) is 2.41. The minimum absolute atomic E-state index is 0.0254. The molecule has 0 saturated heterocycles. The quantitative estimate of drug-likeness (QED) is 0.470. The van der Waals surface area contributed by atoms with Crippen molar-refractivity contribution in [3.05, 3.63) is 23.3 Å². The van der Waals surface area contributed by atoms with Crippen LogP contribution in [0.5, 0.6) is 11.5 Å². The van der Waals surface area contributed by atoms with E-state index < -0.39 is 5.12 Å². The Kier molecular flexibility index (Phi) is 3.56. The number of rotatable bonds is 0. The molecule has 0 aliphatic carbocycles. The molecular weight excluding hydrogens is 337 g/mol. The second-order valence-corrected chi connectivity index (χ2v) is 16.0. The van der Waals surface area contributed by atoms with E-state index in [1.807, 2.05) is 6.07 Å². The van der Waals surface area contributed by atoms with Crippen molar-refractivity contribution < 1.29 is 9.05 Å². The fourth-order valence-electron chi connectivity index (χ4n) is 2.07. The van der Waals surface area contributed by atoms with Crippen LogP contribution in [0.4, 0.5) is 0 Å². The van der Waals surface area contributed by atoms with Crippen LogP contribution in [0, 0.1) is 0 Å². The second kappa shape index (κ2) is 4.32. The van der Waals surface area contributed by atoms with Gasteiger partial charge < -0.3 is 0 Å². The Balaban J connectivity index is 2.69. The van der Waals surface area contributed by atoms with Crippen molar-refractivity contribution in [2.45, 2.75) is 52.4 Å². The molecule has 0 atom stereocenters. The van der Waals surface area contributed by atoms with E-state index in [-0.39, 0.29) is 10.8 Å². The maximum absolute atomic E-state index is 6.09.